The number of rotatable bonds is 4. The molecule has 2 rings (SSSR count). The summed E-state index contributed by atoms with van der Waals surface area (Å²) in [4.78, 5) is 14.7. The maximum absolute atomic E-state index is 12.5. The number of anilines is 2. The van der Waals surface area contributed by atoms with E-state index < -0.39 is 0 Å². The van der Waals surface area contributed by atoms with Crippen molar-refractivity contribution < 1.29 is 9.53 Å². The molecule has 1 amide bonds. The first-order chi connectivity index (χ1) is 9.93. The molecule has 1 aliphatic rings. The summed E-state index contributed by atoms with van der Waals surface area (Å²) in [6.45, 7) is 6.32. The van der Waals surface area contributed by atoms with E-state index in [-0.39, 0.29) is 11.9 Å². The maximum atomic E-state index is 12.5. The topological polar surface area (TPSA) is 67.6 Å². The van der Waals surface area contributed by atoms with Gasteiger partial charge in [0.15, 0.2) is 0 Å². The fourth-order valence-electron chi connectivity index (χ4n) is 3.15. The summed E-state index contributed by atoms with van der Waals surface area (Å²) in [6.07, 6.45) is 2.29. The number of nitrogens with zero attached hydrogens (tertiary/aromatic N) is 1. The van der Waals surface area contributed by atoms with Gasteiger partial charge in [-0.05, 0) is 45.7 Å². The van der Waals surface area contributed by atoms with Crippen LogP contribution < -0.4 is 15.8 Å². The van der Waals surface area contributed by atoms with E-state index in [0.717, 1.165) is 12.8 Å². The molecular formula is C16H25N3O2. The van der Waals surface area contributed by atoms with Gasteiger partial charge < -0.3 is 15.8 Å². The second kappa shape index (κ2) is 6.35. The van der Waals surface area contributed by atoms with Gasteiger partial charge in [-0.25, -0.2) is 0 Å². The summed E-state index contributed by atoms with van der Waals surface area (Å²) in [7, 11) is 1.56. The van der Waals surface area contributed by atoms with Crippen molar-refractivity contribution in [3.8, 4) is 5.75 Å². The number of hydrogen-bond acceptors (Lipinski definition) is 4. The third-order valence-electron chi connectivity index (χ3n) is 4.35. The van der Waals surface area contributed by atoms with E-state index in [1.165, 1.54) is 0 Å². The molecule has 21 heavy (non-hydrogen) atoms. The van der Waals surface area contributed by atoms with Crippen molar-refractivity contribution in [1.29, 1.82) is 0 Å². The van der Waals surface area contributed by atoms with Crippen LogP contribution in [0.5, 0.6) is 5.75 Å². The van der Waals surface area contributed by atoms with Gasteiger partial charge in [-0.2, -0.15) is 0 Å². The molecule has 0 aromatic heterocycles. The average molecular weight is 291 g/mol. The van der Waals surface area contributed by atoms with E-state index in [0.29, 0.717) is 29.2 Å². The molecule has 1 aromatic carbocycles. The molecule has 1 heterocycles. The number of nitrogen functional groups attached to an aromatic ring is 1. The largest absolute Gasteiger partial charge is 0.495 e. The summed E-state index contributed by atoms with van der Waals surface area (Å²) in [5, 5.41) is 2.95. The molecule has 5 heteroatoms. The van der Waals surface area contributed by atoms with Crippen LogP contribution >= 0.6 is 0 Å². The van der Waals surface area contributed by atoms with Gasteiger partial charge in [-0.15, -0.1) is 0 Å². The van der Waals surface area contributed by atoms with Crippen molar-refractivity contribution in [3.05, 3.63) is 18.2 Å². The number of ether oxygens (including phenoxy) is 1. The maximum Gasteiger partial charge on any atom is 0.241 e. The molecule has 3 unspecified atom stereocenters. The van der Waals surface area contributed by atoms with Gasteiger partial charge >= 0.3 is 0 Å². The monoisotopic (exact) mass is 291 g/mol. The van der Waals surface area contributed by atoms with Crippen molar-refractivity contribution in [2.24, 2.45) is 0 Å². The number of carbonyl (C=O) groups is 1. The van der Waals surface area contributed by atoms with Crippen LogP contribution in [0, 0.1) is 0 Å². The minimum absolute atomic E-state index is 0.00224. The molecule has 1 aliphatic heterocycles. The molecule has 0 aliphatic carbocycles. The van der Waals surface area contributed by atoms with Crippen LogP contribution in [0.4, 0.5) is 11.4 Å². The lowest BCUT2D eigenvalue weighted by molar-refractivity contribution is -0.121. The van der Waals surface area contributed by atoms with Gasteiger partial charge in [0, 0.05) is 23.8 Å². The summed E-state index contributed by atoms with van der Waals surface area (Å²) in [5.41, 5.74) is 7.05. The Morgan fingerprint density at radius 3 is 2.57 bits per heavy atom. The summed E-state index contributed by atoms with van der Waals surface area (Å²) in [6, 6.07) is 6.01. The predicted molar refractivity (Wildman–Crippen MR) is 85.5 cm³/mol. The SMILES string of the molecule is COc1cc(NC(=O)C(C)N2C(C)CCC2C)ccc1N. The van der Waals surface area contributed by atoms with E-state index in [9.17, 15) is 4.79 Å². The van der Waals surface area contributed by atoms with Crippen molar-refractivity contribution in [2.45, 2.75) is 51.7 Å². The number of methoxy groups -OCH3 is 1. The van der Waals surface area contributed by atoms with Gasteiger partial charge in [0.1, 0.15) is 5.75 Å². The molecule has 1 saturated heterocycles. The van der Waals surface area contributed by atoms with E-state index >= 15 is 0 Å². The Kier molecular flexibility index (Phi) is 4.73. The van der Waals surface area contributed by atoms with E-state index in [2.05, 4.69) is 24.1 Å². The molecule has 0 radical (unpaired) electrons. The van der Waals surface area contributed by atoms with Gasteiger partial charge in [0.05, 0.1) is 18.8 Å². The molecule has 3 N–H and O–H groups in total. The Bertz CT molecular complexity index is 508. The average Bonchev–Trinajstić information content (AvgIpc) is 2.79. The second-order valence-corrected chi connectivity index (χ2v) is 5.84. The standard InChI is InChI=1S/C16H25N3O2/c1-10-5-6-11(2)19(10)12(3)16(20)18-13-7-8-14(17)15(9-13)21-4/h7-12H,5-6,17H2,1-4H3,(H,18,20). The van der Waals surface area contributed by atoms with Crippen molar-refractivity contribution in [1.82, 2.24) is 4.90 Å². The zero-order valence-corrected chi connectivity index (χ0v) is 13.2. The minimum atomic E-state index is -0.152. The van der Waals surface area contributed by atoms with Crippen LogP contribution in [0.25, 0.3) is 0 Å². The first-order valence-corrected chi connectivity index (χ1v) is 7.46. The minimum Gasteiger partial charge on any atom is -0.495 e. The van der Waals surface area contributed by atoms with Crippen molar-refractivity contribution in [2.75, 3.05) is 18.2 Å². The highest BCUT2D eigenvalue weighted by atomic mass is 16.5. The molecule has 3 atom stereocenters. The number of nitrogens with two attached hydrogens (primary N) is 1. The number of hydrogen-bond donors (Lipinski definition) is 2. The van der Waals surface area contributed by atoms with Crippen molar-refractivity contribution >= 4 is 17.3 Å². The third kappa shape index (κ3) is 3.29. The second-order valence-electron chi connectivity index (χ2n) is 5.84. The zero-order valence-electron chi connectivity index (χ0n) is 13.2. The lowest BCUT2D eigenvalue weighted by Gasteiger charge is -2.31. The zero-order chi connectivity index (χ0) is 15.6. The smallest absolute Gasteiger partial charge is 0.241 e. The Balaban J connectivity index is 2.07. The molecule has 5 nitrogen and oxygen atoms in total. The van der Waals surface area contributed by atoms with Crippen LogP contribution in [-0.2, 0) is 4.79 Å². The molecule has 1 fully saturated rings. The number of amides is 1. The van der Waals surface area contributed by atoms with Crippen LogP contribution in [-0.4, -0.2) is 36.0 Å². The quantitative estimate of drug-likeness (QED) is 0.836. The number of likely N-dealkylation sites (tertiary alicyclic amines) is 1. The lowest BCUT2D eigenvalue weighted by atomic mass is 10.2. The molecular weight excluding hydrogens is 266 g/mol. The van der Waals surface area contributed by atoms with Crippen molar-refractivity contribution in [3.63, 3.8) is 0 Å². The van der Waals surface area contributed by atoms with Crippen LogP contribution in [0.3, 0.4) is 0 Å². The summed E-state index contributed by atoms with van der Waals surface area (Å²) in [5.74, 6) is 0.575. The van der Waals surface area contributed by atoms with Gasteiger partial charge in [0.25, 0.3) is 0 Å². The van der Waals surface area contributed by atoms with Crippen LogP contribution in [0.2, 0.25) is 0 Å². The fourth-order valence-corrected chi connectivity index (χ4v) is 3.15. The lowest BCUT2D eigenvalue weighted by Crippen LogP contribution is -2.46. The Hall–Kier alpha value is -1.75. The Morgan fingerprint density at radius 2 is 2.00 bits per heavy atom. The van der Waals surface area contributed by atoms with Crippen LogP contribution in [0.1, 0.15) is 33.6 Å². The molecule has 1 aromatic rings. The molecule has 0 spiro atoms. The highest BCUT2D eigenvalue weighted by Gasteiger charge is 2.34. The first-order valence-electron chi connectivity index (χ1n) is 7.46. The fraction of sp³-hybridized carbons (Fsp3) is 0.562. The van der Waals surface area contributed by atoms with Gasteiger partial charge in [-0.1, -0.05) is 0 Å². The third-order valence-corrected chi connectivity index (χ3v) is 4.35. The predicted octanol–water partition coefficient (Wildman–Crippen LogP) is 2.48. The van der Waals surface area contributed by atoms with E-state index in [1.54, 1.807) is 25.3 Å². The number of carbonyl (C=O) groups excluding carboxylic acids is 1. The highest BCUT2D eigenvalue weighted by molar-refractivity contribution is 5.95. The molecule has 0 bridgehead atoms. The van der Waals surface area contributed by atoms with Gasteiger partial charge in [0.2, 0.25) is 5.91 Å². The number of nitrogens with one attached hydrogen (secondary N) is 1. The van der Waals surface area contributed by atoms with E-state index in [1.807, 2.05) is 6.92 Å². The van der Waals surface area contributed by atoms with Crippen LogP contribution in [0.15, 0.2) is 18.2 Å². The molecule has 116 valence electrons. The Labute approximate surface area is 126 Å². The number of benzene rings is 1. The summed E-state index contributed by atoms with van der Waals surface area (Å²) < 4.78 is 5.17. The molecule has 0 saturated carbocycles. The highest BCUT2D eigenvalue weighted by Crippen LogP contribution is 2.28. The van der Waals surface area contributed by atoms with E-state index in [4.69, 9.17) is 10.5 Å². The normalized spacial score (nSPS) is 23.8. The van der Waals surface area contributed by atoms with Gasteiger partial charge in [-0.3, -0.25) is 9.69 Å². The summed E-state index contributed by atoms with van der Waals surface area (Å²) >= 11 is 0. The Morgan fingerprint density at radius 1 is 1.38 bits per heavy atom. The first kappa shape index (κ1) is 15.6.